The first-order valence-electron chi connectivity index (χ1n) is 12.8. The second-order valence-corrected chi connectivity index (χ2v) is 9.98. The van der Waals surface area contributed by atoms with Crippen molar-refractivity contribution in [2.24, 2.45) is 0 Å². The molecule has 4 rings (SSSR count). The van der Waals surface area contributed by atoms with Crippen LogP contribution < -0.4 is 14.2 Å². The molecule has 0 aliphatic rings. The normalized spacial score (nSPS) is 10.8. The van der Waals surface area contributed by atoms with E-state index in [1.807, 2.05) is 79.8 Å². The molecule has 0 aliphatic heterocycles. The van der Waals surface area contributed by atoms with Crippen molar-refractivity contribution in [2.45, 2.75) is 24.4 Å². The van der Waals surface area contributed by atoms with Crippen molar-refractivity contribution in [2.75, 3.05) is 40.7 Å². The van der Waals surface area contributed by atoms with E-state index in [0.29, 0.717) is 24.5 Å². The van der Waals surface area contributed by atoms with Gasteiger partial charge in [-0.1, -0.05) is 48.2 Å². The van der Waals surface area contributed by atoms with Gasteiger partial charge < -0.3 is 19.1 Å². The molecule has 0 saturated carbocycles. The SMILES string of the molecule is COc1cccc(-c2nnc(SCCCC(=O)N(C)CCc3ccc(OC)c(OC)c3)n2-c2ccccc2)c1. The Morgan fingerprint density at radius 3 is 2.44 bits per heavy atom. The molecule has 0 saturated heterocycles. The van der Waals surface area contributed by atoms with E-state index in [4.69, 9.17) is 14.2 Å². The molecule has 8 nitrogen and oxygen atoms in total. The van der Waals surface area contributed by atoms with Crippen LogP contribution in [0.4, 0.5) is 0 Å². The highest BCUT2D eigenvalue weighted by atomic mass is 32.2. The highest BCUT2D eigenvalue weighted by molar-refractivity contribution is 7.99. The molecule has 0 bridgehead atoms. The maximum atomic E-state index is 12.8. The van der Waals surface area contributed by atoms with Gasteiger partial charge in [0.15, 0.2) is 22.5 Å². The molecule has 39 heavy (non-hydrogen) atoms. The number of amides is 1. The molecule has 0 spiro atoms. The molecule has 0 unspecified atom stereocenters. The van der Waals surface area contributed by atoms with Gasteiger partial charge in [-0.05, 0) is 54.8 Å². The third-order valence-electron chi connectivity index (χ3n) is 6.35. The van der Waals surface area contributed by atoms with Gasteiger partial charge in [-0.25, -0.2) is 0 Å². The van der Waals surface area contributed by atoms with E-state index in [2.05, 4.69) is 14.8 Å². The number of carbonyl (C=O) groups is 1. The second-order valence-electron chi connectivity index (χ2n) is 8.92. The van der Waals surface area contributed by atoms with Gasteiger partial charge >= 0.3 is 0 Å². The number of hydrogen-bond donors (Lipinski definition) is 0. The topological polar surface area (TPSA) is 78.7 Å². The highest BCUT2D eigenvalue weighted by Gasteiger charge is 2.17. The van der Waals surface area contributed by atoms with E-state index in [0.717, 1.165) is 52.1 Å². The number of likely N-dealkylation sites (N-methyl/N-ethyl adjacent to an activating group) is 1. The van der Waals surface area contributed by atoms with E-state index in [1.165, 1.54) is 0 Å². The maximum Gasteiger partial charge on any atom is 0.222 e. The maximum absolute atomic E-state index is 12.8. The molecule has 0 aliphatic carbocycles. The number of para-hydroxylation sites is 1. The van der Waals surface area contributed by atoms with Crippen molar-refractivity contribution >= 4 is 17.7 Å². The summed E-state index contributed by atoms with van der Waals surface area (Å²) < 4.78 is 18.1. The number of aromatic nitrogens is 3. The van der Waals surface area contributed by atoms with E-state index in [9.17, 15) is 4.79 Å². The number of nitrogens with zero attached hydrogens (tertiary/aromatic N) is 4. The molecule has 1 heterocycles. The first kappa shape index (κ1) is 28.0. The van der Waals surface area contributed by atoms with Gasteiger partial charge in [-0.3, -0.25) is 9.36 Å². The van der Waals surface area contributed by atoms with Crippen molar-refractivity contribution in [1.82, 2.24) is 19.7 Å². The fraction of sp³-hybridized carbons (Fsp3) is 0.300. The molecule has 0 fully saturated rings. The van der Waals surface area contributed by atoms with Crippen molar-refractivity contribution in [3.05, 3.63) is 78.4 Å². The number of hydrogen-bond acceptors (Lipinski definition) is 7. The van der Waals surface area contributed by atoms with E-state index < -0.39 is 0 Å². The summed E-state index contributed by atoms with van der Waals surface area (Å²) in [6, 6.07) is 23.7. The van der Waals surface area contributed by atoms with Gasteiger partial charge in [-0.15, -0.1) is 10.2 Å². The summed E-state index contributed by atoms with van der Waals surface area (Å²) in [4.78, 5) is 14.6. The van der Waals surface area contributed by atoms with Crippen molar-refractivity contribution < 1.29 is 19.0 Å². The third-order valence-corrected chi connectivity index (χ3v) is 7.37. The molecule has 4 aromatic rings. The number of thioether (sulfide) groups is 1. The van der Waals surface area contributed by atoms with Crippen LogP contribution in [0.5, 0.6) is 17.2 Å². The molecular weight excluding hydrogens is 512 g/mol. The lowest BCUT2D eigenvalue weighted by Gasteiger charge is -2.17. The second kappa shape index (κ2) is 13.7. The fourth-order valence-electron chi connectivity index (χ4n) is 4.16. The number of benzene rings is 3. The summed E-state index contributed by atoms with van der Waals surface area (Å²) in [5.74, 6) is 3.77. The minimum atomic E-state index is 0.123. The molecule has 3 aromatic carbocycles. The summed E-state index contributed by atoms with van der Waals surface area (Å²) in [5, 5.41) is 9.77. The predicted molar refractivity (Wildman–Crippen MR) is 154 cm³/mol. The van der Waals surface area contributed by atoms with Crippen LogP contribution in [-0.4, -0.2) is 66.2 Å². The van der Waals surface area contributed by atoms with Gasteiger partial charge in [0.1, 0.15) is 5.75 Å². The van der Waals surface area contributed by atoms with Crippen LogP contribution in [0.25, 0.3) is 17.1 Å². The van der Waals surface area contributed by atoms with Gasteiger partial charge in [0.2, 0.25) is 5.91 Å². The predicted octanol–water partition coefficient (Wildman–Crippen LogP) is 5.53. The average molecular weight is 547 g/mol. The van der Waals surface area contributed by atoms with E-state index in [-0.39, 0.29) is 5.91 Å². The number of ether oxygens (including phenoxy) is 3. The Bertz CT molecular complexity index is 1380. The molecule has 1 aromatic heterocycles. The van der Waals surface area contributed by atoms with Gasteiger partial charge in [-0.2, -0.15) is 0 Å². The Kier molecular flexibility index (Phi) is 9.85. The summed E-state index contributed by atoms with van der Waals surface area (Å²) in [6.45, 7) is 0.633. The van der Waals surface area contributed by atoms with Crippen LogP contribution in [0.3, 0.4) is 0 Å². The summed E-state index contributed by atoms with van der Waals surface area (Å²) in [5.41, 5.74) is 2.99. The van der Waals surface area contributed by atoms with Crippen LogP contribution in [-0.2, 0) is 11.2 Å². The summed E-state index contributed by atoms with van der Waals surface area (Å²) in [7, 11) is 6.74. The monoisotopic (exact) mass is 546 g/mol. The molecular formula is C30H34N4O4S. The third kappa shape index (κ3) is 7.11. The van der Waals surface area contributed by atoms with Crippen LogP contribution in [0.15, 0.2) is 78.0 Å². The quantitative estimate of drug-likeness (QED) is 0.161. The number of carbonyl (C=O) groups excluding carboxylic acids is 1. The largest absolute Gasteiger partial charge is 0.497 e. The van der Waals surface area contributed by atoms with Crippen LogP contribution in [0.2, 0.25) is 0 Å². The first-order valence-corrected chi connectivity index (χ1v) is 13.8. The van der Waals surface area contributed by atoms with Crippen molar-refractivity contribution in [3.8, 4) is 34.3 Å². The Balaban J connectivity index is 1.35. The first-order chi connectivity index (χ1) is 19.0. The van der Waals surface area contributed by atoms with Crippen LogP contribution in [0.1, 0.15) is 18.4 Å². The molecule has 0 radical (unpaired) electrons. The fourth-order valence-corrected chi connectivity index (χ4v) is 5.05. The summed E-state index contributed by atoms with van der Waals surface area (Å²) in [6.07, 6.45) is 1.95. The molecule has 9 heteroatoms. The van der Waals surface area contributed by atoms with Gasteiger partial charge in [0.05, 0.1) is 21.3 Å². The van der Waals surface area contributed by atoms with Crippen LogP contribution >= 0.6 is 11.8 Å². The minimum Gasteiger partial charge on any atom is -0.497 e. The summed E-state index contributed by atoms with van der Waals surface area (Å²) >= 11 is 1.60. The zero-order chi connectivity index (χ0) is 27.6. The molecule has 204 valence electrons. The number of methoxy groups -OCH3 is 3. The van der Waals surface area contributed by atoms with Crippen LogP contribution in [0, 0.1) is 0 Å². The lowest BCUT2D eigenvalue weighted by atomic mass is 10.1. The molecule has 1 amide bonds. The Labute approximate surface area is 233 Å². The lowest BCUT2D eigenvalue weighted by Crippen LogP contribution is -2.28. The molecule has 0 N–H and O–H groups in total. The minimum absolute atomic E-state index is 0.123. The Hall–Kier alpha value is -3.98. The van der Waals surface area contributed by atoms with Crippen molar-refractivity contribution in [1.29, 1.82) is 0 Å². The smallest absolute Gasteiger partial charge is 0.222 e. The van der Waals surface area contributed by atoms with Gasteiger partial charge in [0, 0.05) is 37.0 Å². The number of rotatable bonds is 13. The van der Waals surface area contributed by atoms with Gasteiger partial charge in [0.25, 0.3) is 0 Å². The highest BCUT2D eigenvalue weighted by Crippen LogP contribution is 2.30. The van der Waals surface area contributed by atoms with Crippen molar-refractivity contribution in [3.63, 3.8) is 0 Å². The Morgan fingerprint density at radius 1 is 0.897 bits per heavy atom. The average Bonchev–Trinajstić information content (AvgIpc) is 3.42. The zero-order valence-corrected chi connectivity index (χ0v) is 23.6. The zero-order valence-electron chi connectivity index (χ0n) is 22.8. The lowest BCUT2D eigenvalue weighted by molar-refractivity contribution is -0.129. The standard InChI is InChI=1S/C30H34N4O4S/c1-33(18-17-22-15-16-26(37-3)27(20-22)38-4)28(35)14-9-19-39-30-32-31-29(23-10-8-13-25(21-23)36-2)34(30)24-11-6-5-7-12-24/h5-8,10-13,15-16,20-21H,9,14,17-19H2,1-4H3. The molecule has 0 atom stereocenters. The van der Waals surface area contributed by atoms with E-state index >= 15 is 0 Å². The Morgan fingerprint density at radius 2 is 1.69 bits per heavy atom. The van der Waals surface area contributed by atoms with E-state index in [1.54, 1.807) is 38.0 Å².